The zero-order chi connectivity index (χ0) is 17.5. The predicted octanol–water partition coefficient (Wildman–Crippen LogP) is 0.810. The van der Waals surface area contributed by atoms with Crippen molar-refractivity contribution in [2.24, 2.45) is 0 Å². The first kappa shape index (κ1) is 24.1. The van der Waals surface area contributed by atoms with Gasteiger partial charge in [-0.05, 0) is 53.7 Å². The number of halogens is 1. The lowest BCUT2D eigenvalue weighted by atomic mass is 10.3. The Bertz CT molecular complexity index is 432. The van der Waals surface area contributed by atoms with Crippen LogP contribution in [0.25, 0.3) is 0 Å². The summed E-state index contributed by atoms with van der Waals surface area (Å²) in [7, 11) is -1.97. The second-order valence-corrected chi connectivity index (χ2v) is 8.79. The molecule has 0 unspecified atom stereocenters. The maximum absolute atomic E-state index is 10.7. The Balaban J connectivity index is 0.00000529. The van der Waals surface area contributed by atoms with Crippen molar-refractivity contribution in [3.8, 4) is 5.75 Å². The summed E-state index contributed by atoms with van der Waals surface area (Å²) < 4.78 is 7.71. The Hall–Kier alpha value is 0.0600. The largest absolute Gasteiger partial charge is 1.00 e. The number of phenolic OH excluding ortho intramolecular Hbond substituents is 1. The fraction of sp³-hybridized carbons (Fsp3) is 0.667. The van der Waals surface area contributed by atoms with E-state index >= 15 is 0 Å². The van der Waals surface area contributed by atoms with E-state index in [1.54, 1.807) is 0 Å². The zero-order valence-electron chi connectivity index (χ0n) is 16.2. The lowest BCUT2D eigenvalue weighted by Crippen LogP contribution is -3.00. The minimum Gasteiger partial charge on any atom is -1.00 e. The van der Waals surface area contributed by atoms with Gasteiger partial charge in [0.1, 0.15) is 0 Å². The molecule has 1 rings (SSSR count). The molecule has 24 heavy (non-hydrogen) atoms. The molecule has 1 N–H and O–H groups in total. The smallest absolute Gasteiger partial charge is 0.265 e. The molecule has 0 spiro atoms. The van der Waals surface area contributed by atoms with Crippen molar-refractivity contribution in [3.63, 3.8) is 0 Å². The number of hydrogen-bond acceptors (Lipinski definition) is 4. The van der Waals surface area contributed by atoms with Crippen LogP contribution in [0.3, 0.4) is 0 Å². The second-order valence-electron chi connectivity index (χ2n) is 5.47. The van der Waals surface area contributed by atoms with Crippen molar-refractivity contribution in [1.82, 2.24) is 14.0 Å². The molecule has 0 aliphatic rings. The molecular formula is C18H35IN3OP. The first-order valence-electron chi connectivity index (χ1n) is 9.01. The number of nitrogens with zero attached hydrogens (tertiary/aromatic N) is 3. The average molecular weight is 467 g/mol. The molecular weight excluding hydrogens is 432 g/mol. The molecule has 6 heteroatoms. The van der Waals surface area contributed by atoms with Crippen molar-refractivity contribution in [2.45, 2.75) is 41.5 Å². The van der Waals surface area contributed by atoms with Crippen molar-refractivity contribution >= 4 is 13.0 Å². The highest BCUT2D eigenvalue weighted by atomic mass is 127. The van der Waals surface area contributed by atoms with E-state index in [0.29, 0.717) is 5.75 Å². The van der Waals surface area contributed by atoms with Gasteiger partial charge in [0.2, 0.25) is 0 Å². The van der Waals surface area contributed by atoms with Crippen molar-refractivity contribution < 1.29 is 29.1 Å². The molecule has 0 atom stereocenters. The van der Waals surface area contributed by atoms with Crippen LogP contribution in [0.1, 0.15) is 41.5 Å². The fourth-order valence-electron chi connectivity index (χ4n) is 3.57. The van der Waals surface area contributed by atoms with Crippen LogP contribution in [0.2, 0.25) is 0 Å². The van der Waals surface area contributed by atoms with Gasteiger partial charge in [0, 0.05) is 39.3 Å². The topological polar surface area (TPSA) is 30.0 Å². The summed E-state index contributed by atoms with van der Waals surface area (Å²) in [6, 6.07) is 7.93. The number of rotatable bonds is 10. The Morgan fingerprint density at radius 2 is 1.04 bits per heavy atom. The molecule has 140 valence electrons. The lowest BCUT2D eigenvalue weighted by Gasteiger charge is -2.46. The maximum atomic E-state index is 10.7. The molecule has 0 aliphatic carbocycles. The third kappa shape index (κ3) is 4.42. The molecule has 0 saturated carbocycles. The Morgan fingerprint density at radius 3 is 1.33 bits per heavy atom. The molecule has 0 radical (unpaired) electrons. The van der Waals surface area contributed by atoms with Crippen LogP contribution in [0.4, 0.5) is 0 Å². The van der Waals surface area contributed by atoms with Crippen LogP contribution >= 0.6 is 7.71 Å². The van der Waals surface area contributed by atoms with Gasteiger partial charge >= 0.3 is 0 Å². The molecule has 0 bridgehead atoms. The van der Waals surface area contributed by atoms with Gasteiger partial charge in [0.15, 0.2) is 11.1 Å². The molecule has 0 aromatic heterocycles. The molecule has 4 nitrogen and oxygen atoms in total. The van der Waals surface area contributed by atoms with Crippen LogP contribution in [-0.2, 0) is 0 Å². The molecule has 0 amide bonds. The Morgan fingerprint density at radius 1 is 0.708 bits per heavy atom. The van der Waals surface area contributed by atoms with Gasteiger partial charge in [-0.15, -0.1) is 14.0 Å². The lowest BCUT2D eigenvalue weighted by molar-refractivity contribution is -0.00000658. The predicted molar refractivity (Wildman–Crippen MR) is 103 cm³/mol. The van der Waals surface area contributed by atoms with E-state index < -0.39 is 7.71 Å². The van der Waals surface area contributed by atoms with E-state index in [2.05, 4.69) is 67.7 Å². The van der Waals surface area contributed by atoms with Crippen molar-refractivity contribution in [1.29, 1.82) is 0 Å². The standard InChI is InChI=1S/C18H34N3OP.HI/c1-7-19(8-2)23(20(9-3)10-4,21(11-5)12-6)18-16-14-13-15-17(18)22;/h13-16H,7-12H2,1-6H3;1H. The van der Waals surface area contributed by atoms with E-state index in [0.717, 1.165) is 44.6 Å². The van der Waals surface area contributed by atoms with E-state index in [4.69, 9.17) is 0 Å². The van der Waals surface area contributed by atoms with Gasteiger partial charge in [-0.25, -0.2) is 0 Å². The number of benzene rings is 1. The Labute approximate surface area is 166 Å². The van der Waals surface area contributed by atoms with Crippen LogP contribution < -0.4 is 29.3 Å². The maximum Gasteiger partial charge on any atom is 0.265 e. The minimum absolute atomic E-state index is 0. The van der Waals surface area contributed by atoms with Crippen LogP contribution in [0, 0.1) is 0 Å². The molecule has 1 aromatic rings. The van der Waals surface area contributed by atoms with Crippen LogP contribution in [0.15, 0.2) is 24.3 Å². The number of aromatic hydroxyl groups is 1. The van der Waals surface area contributed by atoms with Gasteiger partial charge in [-0.3, -0.25) is 0 Å². The summed E-state index contributed by atoms with van der Waals surface area (Å²) in [5.74, 6) is 0.423. The molecule has 0 heterocycles. The number of hydrogen-bond donors (Lipinski definition) is 1. The van der Waals surface area contributed by atoms with Gasteiger partial charge in [0.25, 0.3) is 7.71 Å². The SMILES string of the molecule is CCN(CC)[P+](c1ccccc1O)(N(CC)CC)N(CC)CC.[I-]. The van der Waals surface area contributed by atoms with Gasteiger partial charge < -0.3 is 29.1 Å². The highest BCUT2D eigenvalue weighted by molar-refractivity contribution is 7.76. The zero-order valence-corrected chi connectivity index (χ0v) is 19.2. The summed E-state index contributed by atoms with van der Waals surface area (Å²) in [5, 5.41) is 11.8. The first-order chi connectivity index (χ1) is 11.1. The average Bonchev–Trinajstić information content (AvgIpc) is 2.57. The van der Waals surface area contributed by atoms with Crippen molar-refractivity contribution in [3.05, 3.63) is 24.3 Å². The van der Waals surface area contributed by atoms with Crippen LogP contribution in [0.5, 0.6) is 5.75 Å². The molecule has 0 aliphatic heterocycles. The highest BCUT2D eigenvalue weighted by Gasteiger charge is 2.57. The van der Waals surface area contributed by atoms with E-state index in [1.165, 1.54) is 0 Å². The van der Waals surface area contributed by atoms with Gasteiger partial charge in [-0.2, -0.15) is 0 Å². The van der Waals surface area contributed by atoms with E-state index in [-0.39, 0.29) is 24.0 Å². The van der Waals surface area contributed by atoms with E-state index in [1.807, 2.05) is 12.1 Å². The molecule has 1 aromatic carbocycles. The summed E-state index contributed by atoms with van der Waals surface area (Å²) in [6.45, 7) is 19.2. The number of phenols is 1. The highest BCUT2D eigenvalue weighted by Crippen LogP contribution is 2.67. The normalized spacial score (nSPS) is 12.0. The van der Waals surface area contributed by atoms with Crippen LogP contribution in [-0.4, -0.2) is 58.4 Å². The molecule has 0 fully saturated rings. The van der Waals surface area contributed by atoms with Gasteiger partial charge in [0.05, 0.1) is 0 Å². The van der Waals surface area contributed by atoms with E-state index in [9.17, 15) is 5.11 Å². The quantitative estimate of drug-likeness (QED) is 0.408. The summed E-state index contributed by atoms with van der Waals surface area (Å²) in [5.41, 5.74) is 0. The van der Waals surface area contributed by atoms with Gasteiger partial charge in [-0.1, -0.05) is 12.1 Å². The fourth-order valence-corrected chi connectivity index (χ4v) is 8.59. The minimum atomic E-state index is -1.97. The monoisotopic (exact) mass is 467 g/mol. The second kappa shape index (κ2) is 11.6. The summed E-state index contributed by atoms with van der Waals surface area (Å²) in [6.07, 6.45) is 0. The third-order valence-corrected chi connectivity index (χ3v) is 9.67. The van der Waals surface area contributed by atoms with Crippen molar-refractivity contribution in [2.75, 3.05) is 39.3 Å². The first-order valence-corrected chi connectivity index (χ1v) is 10.7. The molecule has 0 saturated heterocycles. The summed E-state index contributed by atoms with van der Waals surface area (Å²) in [4.78, 5) is 0. The third-order valence-electron chi connectivity index (χ3n) is 4.58. The Kier molecular flexibility index (Phi) is 11.7. The number of para-hydroxylation sites is 1. The summed E-state index contributed by atoms with van der Waals surface area (Å²) >= 11 is 0.